The summed E-state index contributed by atoms with van der Waals surface area (Å²) in [5.41, 5.74) is 0. The van der Waals surface area contributed by atoms with Gasteiger partial charge in [0.05, 0.1) is 0 Å². The van der Waals surface area contributed by atoms with E-state index in [-0.39, 0.29) is 5.76 Å². The lowest BCUT2D eigenvalue weighted by molar-refractivity contribution is 0.432. The third kappa shape index (κ3) is 6.53. The molecule has 0 fully saturated rings. The minimum atomic E-state index is -0.509. The van der Waals surface area contributed by atoms with Crippen molar-refractivity contribution in [3.63, 3.8) is 0 Å². The lowest BCUT2D eigenvalue weighted by Gasteiger charge is -1.85. The topological polar surface area (TPSA) is 20.2 Å². The molecule has 0 radical (unpaired) electrons. The van der Waals surface area contributed by atoms with E-state index < -0.39 is 5.98 Å². The summed E-state index contributed by atoms with van der Waals surface area (Å²) in [5, 5.41) is 9.40. The van der Waals surface area contributed by atoms with Gasteiger partial charge in [-0.05, 0) is 37.6 Å². The molecular weight excluding hydrogens is 254 g/mol. The summed E-state index contributed by atoms with van der Waals surface area (Å²) in [6.07, 6.45) is 16.4. The molecule has 1 atom stereocenters. The first kappa shape index (κ1) is 13.1. The highest BCUT2D eigenvalue weighted by Gasteiger charge is 1.79. The SMILES string of the molecule is OC1=C\C=C/C=C/C=C\P(=S)=P\C=C/C=C\1. The van der Waals surface area contributed by atoms with Crippen LogP contribution in [0.25, 0.3) is 0 Å². The first-order valence-corrected chi connectivity index (χ1v) is 8.79. The molecule has 16 heavy (non-hydrogen) atoms. The van der Waals surface area contributed by atoms with Crippen LogP contribution in [0.1, 0.15) is 0 Å². The van der Waals surface area contributed by atoms with Crippen molar-refractivity contribution in [2.45, 2.75) is 0 Å². The van der Waals surface area contributed by atoms with Gasteiger partial charge in [0, 0.05) is 0 Å². The standard InChI is InChI=1S/C12H12OP2S/c13-12-8-4-2-1-3-7-11-15(16)14-10-6-5-9-12/h1-11,13H/b2-1?,3-1+,4-2-,6-5?,7-3?,8-4?,9-5-,10-6-,11-7-,12-8-,12-9?. The fraction of sp³-hybridized carbons (Fsp3) is 0. The first-order valence-electron chi connectivity index (χ1n) is 4.70. The number of aliphatic hydroxyl groups excluding tert-OH is 1. The van der Waals surface area contributed by atoms with Gasteiger partial charge in [-0.3, -0.25) is 0 Å². The highest BCUT2D eigenvalue weighted by Crippen LogP contribution is 2.26. The molecule has 0 aromatic rings. The van der Waals surface area contributed by atoms with Gasteiger partial charge in [-0.15, -0.1) is 0 Å². The van der Waals surface area contributed by atoms with Crippen LogP contribution in [0.15, 0.2) is 72.1 Å². The Kier molecular flexibility index (Phi) is 6.76. The zero-order valence-corrected chi connectivity index (χ0v) is 11.2. The fourth-order valence-corrected chi connectivity index (χ4v) is 3.29. The van der Waals surface area contributed by atoms with Gasteiger partial charge in [0.2, 0.25) is 0 Å². The Balaban J connectivity index is 2.93. The van der Waals surface area contributed by atoms with Crippen molar-refractivity contribution in [3.05, 3.63) is 72.1 Å². The molecule has 0 saturated heterocycles. The summed E-state index contributed by atoms with van der Waals surface area (Å²) in [7, 11) is 1.13. The number of rotatable bonds is 0. The van der Waals surface area contributed by atoms with E-state index in [9.17, 15) is 5.11 Å². The third-order valence-electron chi connectivity index (χ3n) is 1.57. The van der Waals surface area contributed by atoms with Crippen molar-refractivity contribution in [3.8, 4) is 0 Å². The summed E-state index contributed by atoms with van der Waals surface area (Å²) in [5.74, 6) is 3.77. The molecule has 1 rings (SSSR count). The molecule has 1 nitrogen and oxygen atoms in total. The molecule has 0 amide bonds. The van der Waals surface area contributed by atoms with Crippen molar-refractivity contribution in [1.82, 2.24) is 0 Å². The van der Waals surface area contributed by atoms with Crippen LogP contribution in [0, 0.1) is 0 Å². The van der Waals surface area contributed by atoms with E-state index in [1.165, 1.54) is 0 Å². The number of hydrogen-bond acceptors (Lipinski definition) is 2. The minimum Gasteiger partial charge on any atom is -0.508 e. The quantitative estimate of drug-likeness (QED) is 0.626. The Hall–Kier alpha value is -0.940. The average molecular weight is 266 g/mol. The van der Waals surface area contributed by atoms with E-state index in [1.807, 2.05) is 42.0 Å². The van der Waals surface area contributed by atoms with E-state index in [2.05, 4.69) is 0 Å². The maximum Gasteiger partial charge on any atom is 0.115 e. The Morgan fingerprint density at radius 1 is 1.00 bits per heavy atom. The van der Waals surface area contributed by atoms with Crippen LogP contribution in [0.3, 0.4) is 0 Å². The summed E-state index contributed by atoms with van der Waals surface area (Å²) in [6, 6.07) is 0. The Morgan fingerprint density at radius 3 is 2.62 bits per heavy atom. The summed E-state index contributed by atoms with van der Waals surface area (Å²) in [6.45, 7) is 0. The zero-order chi connectivity index (χ0) is 11.6. The molecule has 0 spiro atoms. The van der Waals surface area contributed by atoms with Crippen LogP contribution in [-0.4, -0.2) is 5.11 Å². The monoisotopic (exact) mass is 266 g/mol. The number of hydrogen-bond donors (Lipinski definition) is 1. The highest BCUT2D eigenvalue weighted by molar-refractivity contribution is 8.21. The first-order chi connectivity index (χ1) is 7.79. The van der Waals surface area contributed by atoms with E-state index in [4.69, 9.17) is 11.8 Å². The molecule has 1 aliphatic rings. The second-order valence-electron chi connectivity index (χ2n) is 2.82. The van der Waals surface area contributed by atoms with Crippen LogP contribution in [0.4, 0.5) is 0 Å². The van der Waals surface area contributed by atoms with Gasteiger partial charge in [0.1, 0.15) is 5.76 Å². The number of allylic oxidation sites excluding steroid dienone is 9. The van der Waals surface area contributed by atoms with Gasteiger partial charge in [0.25, 0.3) is 0 Å². The molecule has 0 aliphatic carbocycles. The van der Waals surface area contributed by atoms with E-state index in [0.717, 1.165) is 7.87 Å². The molecule has 4 heteroatoms. The van der Waals surface area contributed by atoms with Crippen LogP contribution < -0.4 is 0 Å². The predicted molar refractivity (Wildman–Crippen MR) is 77.6 cm³/mol. The van der Waals surface area contributed by atoms with Crippen LogP contribution in [0.5, 0.6) is 0 Å². The molecule has 1 N–H and O–H groups in total. The van der Waals surface area contributed by atoms with Crippen LogP contribution in [-0.2, 0) is 11.8 Å². The van der Waals surface area contributed by atoms with Crippen molar-refractivity contribution >= 4 is 25.7 Å². The van der Waals surface area contributed by atoms with E-state index in [0.29, 0.717) is 0 Å². The molecule has 1 heterocycles. The molecular formula is C12H12OP2S. The smallest absolute Gasteiger partial charge is 0.115 e. The van der Waals surface area contributed by atoms with Gasteiger partial charge in [-0.2, -0.15) is 0 Å². The molecule has 1 unspecified atom stereocenters. The van der Waals surface area contributed by atoms with E-state index >= 15 is 0 Å². The summed E-state index contributed by atoms with van der Waals surface area (Å²) >= 11 is 5.28. The second-order valence-corrected chi connectivity index (χ2v) is 8.23. The van der Waals surface area contributed by atoms with Gasteiger partial charge in [0.15, 0.2) is 0 Å². The Morgan fingerprint density at radius 2 is 1.75 bits per heavy atom. The van der Waals surface area contributed by atoms with Crippen molar-refractivity contribution < 1.29 is 5.11 Å². The number of aliphatic hydroxyl groups is 1. The van der Waals surface area contributed by atoms with Crippen molar-refractivity contribution in [1.29, 1.82) is 0 Å². The largest absolute Gasteiger partial charge is 0.508 e. The van der Waals surface area contributed by atoms with Crippen LogP contribution >= 0.6 is 13.9 Å². The third-order valence-corrected chi connectivity index (χ3v) is 5.23. The Bertz CT molecular complexity index is 463. The fourth-order valence-electron chi connectivity index (χ4n) is 0.872. The van der Waals surface area contributed by atoms with E-state index in [1.54, 1.807) is 24.3 Å². The van der Waals surface area contributed by atoms with Gasteiger partial charge < -0.3 is 5.11 Å². The maximum absolute atomic E-state index is 9.40. The van der Waals surface area contributed by atoms with Gasteiger partial charge in [-0.1, -0.05) is 54.3 Å². The van der Waals surface area contributed by atoms with Gasteiger partial charge in [-0.25, -0.2) is 0 Å². The molecule has 1 aliphatic heterocycles. The van der Waals surface area contributed by atoms with Crippen molar-refractivity contribution in [2.24, 2.45) is 0 Å². The maximum atomic E-state index is 9.40. The highest BCUT2D eigenvalue weighted by atomic mass is 32.5. The molecule has 0 aromatic carbocycles. The molecule has 0 bridgehead atoms. The molecule has 0 saturated carbocycles. The normalized spacial score (nSPS) is 33.2. The minimum absolute atomic E-state index is 0.235. The predicted octanol–water partition coefficient (Wildman–Crippen LogP) is 4.94. The molecule has 82 valence electrons. The Labute approximate surface area is 103 Å². The van der Waals surface area contributed by atoms with Crippen molar-refractivity contribution in [2.75, 3.05) is 0 Å². The summed E-state index contributed by atoms with van der Waals surface area (Å²) in [4.78, 5) is 0. The lowest BCUT2D eigenvalue weighted by Crippen LogP contribution is -1.69. The average Bonchev–Trinajstić information content (AvgIpc) is 2.26. The lowest BCUT2D eigenvalue weighted by atomic mass is 10.3. The summed E-state index contributed by atoms with van der Waals surface area (Å²) < 4.78 is 0. The molecule has 0 aromatic heterocycles. The van der Waals surface area contributed by atoms with Gasteiger partial charge >= 0.3 is 0 Å². The van der Waals surface area contributed by atoms with Crippen LogP contribution in [0.2, 0.25) is 0 Å². The zero-order valence-electron chi connectivity index (χ0n) is 8.60. The second kappa shape index (κ2) is 8.24.